The third-order valence-electron chi connectivity index (χ3n) is 4.20. The highest BCUT2D eigenvalue weighted by molar-refractivity contribution is 7.89. The summed E-state index contributed by atoms with van der Waals surface area (Å²) in [5.41, 5.74) is -0.415. The molecule has 0 atom stereocenters. The van der Waals surface area contributed by atoms with E-state index in [-0.39, 0.29) is 10.6 Å². The maximum Gasteiger partial charge on any atom is 0.312 e. The largest absolute Gasteiger partial charge is 0.490 e. The SMILES string of the molecule is CCOc1ccccc1Oc1ccc(S(=O)(=O)N2CCCC2)cc1[N+](=O)[O-]. The maximum atomic E-state index is 12.7. The summed E-state index contributed by atoms with van der Waals surface area (Å²) in [5.74, 6) is 0.716. The van der Waals surface area contributed by atoms with Gasteiger partial charge in [-0.15, -0.1) is 0 Å². The quantitative estimate of drug-likeness (QED) is 0.528. The first-order valence-electron chi connectivity index (χ1n) is 8.61. The topological polar surface area (TPSA) is 99.0 Å². The minimum Gasteiger partial charge on any atom is -0.490 e. The predicted molar refractivity (Wildman–Crippen MR) is 98.8 cm³/mol. The van der Waals surface area contributed by atoms with Crippen LogP contribution in [0.15, 0.2) is 47.4 Å². The van der Waals surface area contributed by atoms with Crippen LogP contribution in [0.2, 0.25) is 0 Å². The van der Waals surface area contributed by atoms with Crippen LogP contribution in [-0.4, -0.2) is 37.3 Å². The number of ether oxygens (including phenoxy) is 2. The number of hydrogen-bond acceptors (Lipinski definition) is 6. The van der Waals surface area contributed by atoms with Gasteiger partial charge in [-0.1, -0.05) is 12.1 Å². The highest BCUT2D eigenvalue weighted by atomic mass is 32.2. The van der Waals surface area contributed by atoms with Gasteiger partial charge in [-0.05, 0) is 44.0 Å². The van der Waals surface area contributed by atoms with E-state index in [1.165, 1.54) is 16.4 Å². The molecule has 1 heterocycles. The third kappa shape index (κ3) is 4.04. The summed E-state index contributed by atoms with van der Waals surface area (Å²) >= 11 is 0. The van der Waals surface area contributed by atoms with E-state index in [0.29, 0.717) is 31.2 Å². The highest BCUT2D eigenvalue weighted by Crippen LogP contribution is 2.37. The van der Waals surface area contributed by atoms with E-state index in [0.717, 1.165) is 18.9 Å². The van der Waals surface area contributed by atoms with Crippen molar-refractivity contribution in [2.45, 2.75) is 24.7 Å². The Kier molecular flexibility index (Phi) is 5.62. The second-order valence-corrected chi connectivity index (χ2v) is 7.92. The van der Waals surface area contributed by atoms with Crippen molar-refractivity contribution >= 4 is 15.7 Å². The Morgan fingerprint density at radius 3 is 2.37 bits per heavy atom. The standard InChI is InChI=1S/C18H20N2O6S/c1-2-25-17-7-3-4-8-18(17)26-16-10-9-14(13-15(16)20(21)22)27(23,24)19-11-5-6-12-19/h3-4,7-10,13H,2,5-6,11-12H2,1H3. The molecular weight excluding hydrogens is 372 g/mol. The molecule has 0 aliphatic carbocycles. The lowest BCUT2D eigenvalue weighted by atomic mass is 10.3. The van der Waals surface area contributed by atoms with Gasteiger partial charge in [0, 0.05) is 19.2 Å². The van der Waals surface area contributed by atoms with Crippen molar-refractivity contribution in [3.05, 3.63) is 52.6 Å². The average Bonchev–Trinajstić information content (AvgIpc) is 3.19. The van der Waals surface area contributed by atoms with Gasteiger partial charge in [-0.3, -0.25) is 10.1 Å². The Morgan fingerprint density at radius 1 is 1.07 bits per heavy atom. The van der Waals surface area contributed by atoms with Crippen LogP contribution in [0.25, 0.3) is 0 Å². The fourth-order valence-electron chi connectivity index (χ4n) is 2.89. The second kappa shape index (κ2) is 7.93. The van der Waals surface area contributed by atoms with Crippen LogP contribution < -0.4 is 9.47 Å². The van der Waals surface area contributed by atoms with E-state index < -0.39 is 20.6 Å². The minimum atomic E-state index is -3.75. The summed E-state index contributed by atoms with van der Waals surface area (Å²) in [6.45, 7) is 3.08. The number of rotatable bonds is 7. The van der Waals surface area contributed by atoms with E-state index in [1.54, 1.807) is 24.3 Å². The molecule has 1 fully saturated rings. The molecule has 0 bridgehead atoms. The van der Waals surface area contributed by atoms with Gasteiger partial charge in [0.15, 0.2) is 11.5 Å². The lowest BCUT2D eigenvalue weighted by molar-refractivity contribution is -0.385. The van der Waals surface area contributed by atoms with Gasteiger partial charge in [-0.2, -0.15) is 4.31 Å². The number of nitrogens with zero attached hydrogens (tertiary/aromatic N) is 2. The zero-order valence-corrected chi connectivity index (χ0v) is 15.6. The Labute approximate surface area is 157 Å². The van der Waals surface area contributed by atoms with Crippen LogP contribution >= 0.6 is 0 Å². The fourth-order valence-corrected chi connectivity index (χ4v) is 4.43. The van der Waals surface area contributed by atoms with E-state index in [1.807, 2.05) is 6.92 Å². The summed E-state index contributed by atoms with van der Waals surface area (Å²) in [7, 11) is -3.75. The smallest absolute Gasteiger partial charge is 0.312 e. The van der Waals surface area contributed by atoms with Crippen molar-refractivity contribution in [2.24, 2.45) is 0 Å². The summed E-state index contributed by atoms with van der Waals surface area (Å²) in [6.07, 6.45) is 1.58. The first kappa shape index (κ1) is 19.1. The van der Waals surface area contributed by atoms with Crippen LogP contribution in [0.4, 0.5) is 5.69 Å². The molecule has 1 saturated heterocycles. The molecule has 8 nitrogen and oxygen atoms in total. The van der Waals surface area contributed by atoms with E-state index in [9.17, 15) is 18.5 Å². The van der Waals surface area contributed by atoms with Crippen molar-refractivity contribution in [1.82, 2.24) is 4.31 Å². The van der Waals surface area contributed by atoms with Crippen molar-refractivity contribution in [3.8, 4) is 17.2 Å². The molecule has 0 amide bonds. The van der Waals surface area contributed by atoms with Crippen molar-refractivity contribution in [3.63, 3.8) is 0 Å². The number of benzene rings is 2. The first-order valence-corrected chi connectivity index (χ1v) is 10.1. The van der Waals surface area contributed by atoms with Crippen molar-refractivity contribution in [2.75, 3.05) is 19.7 Å². The van der Waals surface area contributed by atoms with Crippen molar-refractivity contribution < 1.29 is 22.8 Å². The molecule has 1 aliphatic rings. The predicted octanol–water partition coefficient (Wildman–Crippen LogP) is 3.57. The van der Waals surface area contributed by atoms with Gasteiger partial charge in [0.05, 0.1) is 16.4 Å². The Balaban J connectivity index is 1.97. The summed E-state index contributed by atoms with van der Waals surface area (Å²) in [4.78, 5) is 10.7. The molecule has 2 aromatic carbocycles. The summed E-state index contributed by atoms with van der Waals surface area (Å²) in [5, 5.41) is 11.5. The molecule has 1 aliphatic heterocycles. The molecule has 9 heteroatoms. The number of para-hydroxylation sites is 2. The van der Waals surface area contributed by atoms with Gasteiger partial charge in [-0.25, -0.2) is 8.42 Å². The molecule has 3 rings (SSSR count). The molecule has 27 heavy (non-hydrogen) atoms. The molecule has 0 radical (unpaired) electrons. The molecular formula is C18H20N2O6S. The zero-order valence-electron chi connectivity index (χ0n) is 14.8. The lowest BCUT2D eigenvalue weighted by Gasteiger charge is -2.16. The summed E-state index contributed by atoms with van der Waals surface area (Å²) in [6, 6.07) is 10.5. The normalized spacial score (nSPS) is 14.9. The lowest BCUT2D eigenvalue weighted by Crippen LogP contribution is -2.27. The molecule has 0 saturated carbocycles. The fraction of sp³-hybridized carbons (Fsp3) is 0.333. The molecule has 0 unspecified atom stereocenters. The Hall–Kier alpha value is -2.65. The van der Waals surface area contributed by atoms with Crippen LogP contribution in [0.3, 0.4) is 0 Å². The maximum absolute atomic E-state index is 12.7. The Morgan fingerprint density at radius 2 is 1.74 bits per heavy atom. The molecule has 0 aromatic heterocycles. The Bertz CT molecular complexity index is 939. The van der Waals surface area contributed by atoms with Crippen molar-refractivity contribution in [1.29, 1.82) is 0 Å². The highest BCUT2D eigenvalue weighted by Gasteiger charge is 2.30. The molecule has 144 valence electrons. The number of nitro benzene ring substituents is 1. The van der Waals surface area contributed by atoms with Crippen LogP contribution in [-0.2, 0) is 10.0 Å². The molecule has 0 spiro atoms. The van der Waals surface area contributed by atoms with Crippen LogP contribution in [0, 0.1) is 10.1 Å². The number of nitro groups is 1. The zero-order chi connectivity index (χ0) is 19.4. The number of sulfonamides is 1. The van der Waals surface area contributed by atoms with E-state index in [4.69, 9.17) is 9.47 Å². The van der Waals surface area contributed by atoms with Gasteiger partial charge in [0.1, 0.15) is 0 Å². The summed E-state index contributed by atoms with van der Waals surface area (Å²) < 4.78 is 37.8. The number of hydrogen-bond donors (Lipinski definition) is 0. The third-order valence-corrected chi connectivity index (χ3v) is 6.09. The average molecular weight is 392 g/mol. The van der Waals surface area contributed by atoms with Gasteiger partial charge >= 0.3 is 5.69 Å². The first-order chi connectivity index (χ1) is 12.9. The van der Waals surface area contributed by atoms with E-state index in [2.05, 4.69) is 0 Å². The minimum absolute atomic E-state index is 0.0486. The van der Waals surface area contributed by atoms with E-state index >= 15 is 0 Å². The second-order valence-electron chi connectivity index (χ2n) is 5.98. The molecule has 2 aromatic rings. The van der Waals surface area contributed by atoms with Gasteiger partial charge in [0.25, 0.3) is 0 Å². The van der Waals surface area contributed by atoms with Crippen LogP contribution in [0.5, 0.6) is 17.2 Å². The van der Waals surface area contributed by atoms with Gasteiger partial charge in [0.2, 0.25) is 15.8 Å². The monoisotopic (exact) mass is 392 g/mol. The molecule has 0 N–H and O–H groups in total. The van der Waals surface area contributed by atoms with Gasteiger partial charge < -0.3 is 9.47 Å². The van der Waals surface area contributed by atoms with Crippen LogP contribution in [0.1, 0.15) is 19.8 Å².